The van der Waals surface area contributed by atoms with Gasteiger partial charge in [0.05, 0.1) is 0 Å². The summed E-state index contributed by atoms with van der Waals surface area (Å²) in [5.74, 6) is 0. The summed E-state index contributed by atoms with van der Waals surface area (Å²) in [6.07, 6.45) is 2.22. The minimum Gasteiger partial charge on any atom is -0.0853 e. The van der Waals surface area contributed by atoms with Crippen LogP contribution in [0.15, 0.2) is 109 Å². The SMILES string of the molecule is CC[C@@H](SS[C@H](CC)c1ccccc1-c1ccccc1)c1ccccc1-c1ccccc1. The fraction of sp³-hybridized carbons (Fsp3) is 0.200. The van der Waals surface area contributed by atoms with Gasteiger partial charge in [0.25, 0.3) is 0 Å². The lowest BCUT2D eigenvalue weighted by Crippen LogP contribution is -1.98. The molecule has 0 bridgehead atoms. The van der Waals surface area contributed by atoms with E-state index in [0.717, 1.165) is 12.8 Å². The van der Waals surface area contributed by atoms with Crippen LogP contribution in [0.2, 0.25) is 0 Å². The predicted octanol–water partition coefficient (Wildman–Crippen LogP) is 10.0. The molecule has 32 heavy (non-hydrogen) atoms. The minimum absolute atomic E-state index is 0.453. The molecule has 0 amide bonds. The normalized spacial score (nSPS) is 12.9. The smallest absolute Gasteiger partial charge is 0.0404 e. The summed E-state index contributed by atoms with van der Waals surface area (Å²) in [7, 11) is 4.06. The van der Waals surface area contributed by atoms with E-state index in [1.54, 1.807) is 0 Å². The molecule has 4 rings (SSSR count). The Balaban J connectivity index is 1.58. The summed E-state index contributed by atoms with van der Waals surface area (Å²) in [6, 6.07) is 39.4. The monoisotopic (exact) mass is 454 g/mol. The summed E-state index contributed by atoms with van der Waals surface area (Å²) >= 11 is 0. The summed E-state index contributed by atoms with van der Waals surface area (Å²) in [4.78, 5) is 0. The topological polar surface area (TPSA) is 0 Å². The van der Waals surface area contributed by atoms with Crippen LogP contribution in [0.25, 0.3) is 22.3 Å². The average Bonchev–Trinajstić information content (AvgIpc) is 2.88. The maximum absolute atomic E-state index is 2.31. The molecule has 4 aromatic carbocycles. The highest BCUT2D eigenvalue weighted by Gasteiger charge is 2.20. The Kier molecular flexibility index (Phi) is 8.14. The third-order valence-electron chi connectivity index (χ3n) is 5.81. The second kappa shape index (κ2) is 11.4. The molecule has 0 saturated heterocycles. The maximum Gasteiger partial charge on any atom is 0.0404 e. The first-order valence-electron chi connectivity index (χ1n) is 11.4. The third kappa shape index (κ3) is 5.31. The van der Waals surface area contributed by atoms with Crippen molar-refractivity contribution in [2.45, 2.75) is 37.2 Å². The van der Waals surface area contributed by atoms with Gasteiger partial charge in [-0.3, -0.25) is 0 Å². The molecule has 0 aliphatic carbocycles. The Labute approximate surface area is 200 Å². The molecule has 0 aromatic heterocycles. The fourth-order valence-electron chi connectivity index (χ4n) is 4.13. The zero-order valence-electron chi connectivity index (χ0n) is 18.8. The quantitative estimate of drug-likeness (QED) is 0.231. The predicted molar refractivity (Wildman–Crippen MR) is 145 cm³/mol. The Morgan fingerprint density at radius 3 is 1.19 bits per heavy atom. The van der Waals surface area contributed by atoms with E-state index in [1.807, 2.05) is 21.6 Å². The van der Waals surface area contributed by atoms with Crippen molar-refractivity contribution in [1.82, 2.24) is 0 Å². The van der Waals surface area contributed by atoms with Gasteiger partial charge in [0, 0.05) is 10.5 Å². The van der Waals surface area contributed by atoms with E-state index >= 15 is 0 Å². The zero-order chi connectivity index (χ0) is 22.2. The van der Waals surface area contributed by atoms with Gasteiger partial charge in [0.15, 0.2) is 0 Å². The molecule has 0 saturated carbocycles. The second-order valence-electron chi connectivity index (χ2n) is 7.89. The van der Waals surface area contributed by atoms with Gasteiger partial charge in [-0.15, -0.1) is 0 Å². The van der Waals surface area contributed by atoms with Crippen LogP contribution in [0.4, 0.5) is 0 Å². The van der Waals surface area contributed by atoms with Gasteiger partial charge in [-0.25, -0.2) is 0 Å². The highest BCUT2D eigenvalue weighted by atomic mass is 33.1. The van der Waals surface area contributed by atoms with Crippen LogP contribution in [-0.4, -0.2) is 0 Å². The van der Waals surface area contributed by atoms with Crippen molar-refractivity contribution in [2.75, 3.05) is 0 Å². The van der Waals surface area contributed by atoms with Gasteiger partial charge in [0.1, 0.15) is 0 Å². The van der Waals surface area contributed by atoms with Gasteiger partial charge >= 0.3 is 0 Å². The summed E-state index contributed by atoms with van der Waals surface area (Å²) in [5.41, 5.74) is 8.17. The van der Waals surface area contributed by atoms with Crippen molar-refractivity contribution in [3.05, 3.63) is 120 Å². The lowest BCUT2D eigenvalue weighted by molar-refractivity contribution is 0.895. The number of hydrogen-bond donors (Lipinski definition) is 0. The van der Waals surface area contributed by atoms with E-state index in [2.05, 4.69) is 123 Å². The van der Waals surface area contributed by atoms with Crippen molar-refractivity contribution in [2.24, 2.45) is 0 Å². The Hall–Kier alpha value is -2.42. The molecule has 0 aliphatic heterocycles. The number of rotatable bonds is 9. The molecule has 0 aliphatic rings. The second-order valence-corrected chi connectivity index (χ2v) is 10.6. The van der Waals surface area contributed by atoms with E-state index in [1.165, 1.54) is 33.4 Å². The van der Waals surface area contributed by atoms with Gasteiger partial charge in [-0.1, -0.05) is 145 Å². The highest BCUT2D eigenvalue weighted by molar-refractivity contribution is 8.76. The Bertz CT molecular complexity index is 1010. The largest absolute Gasteiger partial charge is 0.0853 e. The van der Waals surface area contributed by atoms with Crippen LogP contribution in [0.3, 0.4) is 0 Å². The summed E-state index contributed by atoms with van der Waals surface area (Å²) in [5, 5.41) is 0.906. The van der Waals surface area contributed by atoms with Crippen LogP contribution < -0.4 is 0 Å². The average molecular weight is 455 g/mol. The molecule has 162 valence electrons. The molecule has 0 N–H and O–H groups in total. The first-order chi connectivity index (χ1) is 15.8. The van der Waals surface area contributed by atoms with Crippen molar-refractivity contribution >= 4 is 21.6 Å². The van der Waals surface area contributed by atoms with E-state index < -0.39 is 0 Å². The zero-order valence-corrected chi connectivity index (χ0v) is 20.4. The number of hydrogen-bond acceptors (Lipinski definition) is 2. The molecule has 0 nitrogen and oxygen atoms in total. The first kappa shape index (κ1) is 22.8. The molecule has 0 fully saturated rings. The van der Waals surface area contributed by atoms with Gasteiger partial charge in [-0.2, -0.15) is 0 Å². The fourth-order valence-corrected chi connectivity index (χ4v) is 7.53. The van der Waals surface area contributed by atoms with Crippen LogP contribution in [0.5, 0.6) is 0 Å². The summed E-state index contributed by atoms with van der Waals surface area (Å²) in [6.45, 7) is 4.61. The van der Waals surface area contributed by atoms with Crippen molar-refractivity contribution in [3.8, 4) is 22.3 Å². The van der Waals surface area contributed by atoms with Crippen molar-refractivity contribution < 1.29 is 0 Å². The van der Waals surface area contributed by atoms with Crippen LogP contribution in [-0.2, 0) is 0 Å². The molecule has 4 aromatic rings. The Morgan fingerprint density at radius 1 is 0.469 bits per heavy atom. The van der Waals surface area contributed by atoms with E-state index in [0.29, 0.717) is 10.5 Å². The molecular formula is C30H30S2. The Morgan fingerprint density at radius 2 is 0.812 bits per heavy atom. The molecule has 2 atom stereocenters. The van der Waals surface area contributed by atoms with E-state index in [-0.39, 0.29) is 0 Å². The summed E-state index contributed by atoms with van der Waals surface area (Å²) < 4.78 is 0. The molecular weight excluding hydrogens is 424 g/mol. The standard InChI is InChI=1S/C30H30S2/c1-3-29(27-21-13-11-19-25(27)23-15-7-5-8-16-23)31-32-30(4-2)28-22-14-12-20-26(28)24-17-9-6-10-18-24/h5-22,29-30H,3-4H2,1-2H3/t29-,30-/m1/s1. The van der Waals surface area contributed by atoms with Crippen LogP contribution in [0.1, 0.15) is 48.3 Å². The molecule has 0 spiro atoms. The number of benzene rings is 4. The van der Waals surface area contributed by atoms with Crippen LogP contribution in [0, 0.1) is 0 Å². The third-order valence-corrected chi connectivity index (χ3v) is 9.29. The van der Waals surface area contributed by atoms with Crippen LogP contribution >= 0.6 is 21.6 Å². The highest BCUT2D eigenvalue weighted by Crippen LogP contribution is 2.51. The van der Waals surface area contributed by atoms with Gasteiger partial charge < -0.3 is 0 Å². The maximum atomic E-state index is 2.31. The van der Waals surface area contributed by atoms with E-state index in [9.17, 15) is 0 Å². The minimum atomic E-state index is 0.453. The lowest BCUT2D eigenvalue weighted by atomic mass is 9.97. The lowest BCUT2D eigenvalue weighted by Gasteiger charge is -2.23. The van der Waals surface area contributed by atoms with Crippen molar-refractivity contribution in [3.63, 3.8) is 0 Å². The molecule has 0 radical (unpaired) electrons. The van der Waals surface area contributed by atoms with Crippen molar-refractivity contribution in [1.29, 1.82) is 0 Å². The molecule has 0 unspecified atom stereocenters. The molecule has 0 heterocycles. The van der Waals surface area contributed by atoms with E-state index in [4.69, 9.17) is 0 Å². The van der Waals surface area contributed by atoms with Gasteiger partial charge in [0.2, 0.25) is 0 Å². The first-order valence-corrected chi connectivity index (χ1v) is 13.7. The molecule has 2 heteroatoms. The van der Waals surface area contributed by atoms with Gasteiger partial charge in [-0.05, 0) is 46.2 Å².